The Bertz CT molecular complexity index is 132. The average molecular weight is 157 g/mol. The third kappa shape index (κ3) is 1.94. The second-order valence-corrected chi connectivity index (χ2v) is 4.07. The molecule has 0 spiro atoms. The lowest BCUT2D eigenvalue weighted by molar-refractivity contribution is -0.0393. The molecule has 2 heteroatoms. The Labute approximate surface area is 68.8 Å². The highest BCUT2D eigenvalue weighted by molar-refractivity contribution is 4.89. The van der Waals surface area contributed by atoms with E-state index >= 15 is 0 Å². The van der Waals surface area contributed by atoms with E-state index in [4.69, 9.17) is 5.73 Å². The molecule has 3 unspecified atom stereocenters. The van der Waals surface area contributed by atoms with Crippen LogP contribution in [0.3, 0.4) is 0 Å². The fraction of sp³-hybridized carbons (Fsp3) is 1.00. The maximum Gasteiger partial charge on any atom is 0.0662 e. The van der Waals surface area contributed by atoms with Crippen molar-refractivity contribution in [2.75, 3.05) is 0 Å². The molecule has 3 N–H and O–H groups in total. The molecule has 1 fully saturated rings. The topological polar surface area (TPSA) is 46.2 Å². The average Bonchev–Trinajstić information content (AvgIpc) is 1.85. The Morgan fingerprint density at radius 2 is 2.18 bits per heavy atom. The minimum Gasteiger partial charge on any atom is -0.390 e. The first kappa shape index (κ1) is 9.01. The number of hydrogen-bond acceptors (Lipinski definition) is 2. The van der Waals surface area contributed by atoms with Crippen molar-refractivity contribution in [2.24, 2.45) is 11.7 Å². The molecule has 1 rings (SSSR count). The van der Waals surface area contributed by atoms with Crippen molar-refractivity contribution in [1.82, 2.24) is 0 Å². The highest BCUT2D eigenvalue weighted by atomic mass is 16.3. The summed E-state index contributed by atoms with van der Waals surface area (Å²) in [6.07, 6.45) is 4.38. The van der Waals surface area contributed by atoms with E-state index in [1.54, 1.807) is 0 Å². The summed E-state index contributed by atoms with van der Waals surface area (Å²) in [5.41, 5.74) is 5.28. The number of rotatable bonds is 1. The van der Waals surface area contributed by atoms with Crippen molar-refractivity contribution in [2.45, 2.75) is 51.2 Å². The predicted molar refractivity (Wildman–Crippen MR) is 46.2 cm³/mol. The third-order valence-electron chi connectivity index (χ3n) is 2.88. The van der Waals surface area contributed by atoms with Crippen LogP contribution in [-0.2, 0) is 0 Å². The van der Waals surface area contributed by atoms with Crippen LogP contribution in [0.2, 0.25) is 0 Å². The van der Waals surface area contributed by atoms with Gasteiger partial charge in [0.2, 0.25) is 0 Å². The van der Waals surface area contributed by atoms with E-state index < -0.39 is 5.60 Å². The summed E-state index contributed by atoms with van der Waals surface area (Å²) in [5.74, 6) is 0.302. The molecule has 0 aromatic carbocycles. The Hall–Kier alpha value is -0.0800. The molecular formula is C9H19NO. The largest absolute Gasteiger partial charge is 0.390 e. The fourth-order valence-electron chi connectivity index (χ4n) is 2.17. The summed E-state index contributed by atoms with van der Waals surface area (Å²) in [7, 11) is 0. The Morgan fingerprint density at radius 1 is 1.55 bits per heavy atom. The van der Waals surface area contributed by atoms with E-state index in [-0.39, 0.29) is 6.04 Å². The molecule has 0 aromatic heterocycles. The zero-order valence-electron chi connectivity index (χ0n) is 7.51. The van der Waals surface area contributed by atoms with Crippen LogP contribution < -0.4 is 5.73 Å². The second kappa shape index (κ2) is 3.11. The van der Waals surface area contributed by atoms with Gasteiger partial charge < -0.3 is 10.8 Å². The first-order chi connectivity index (χ1) is 5.04. The Morgan fingerprint density at radius 3 is 2.55 bits per heavy atom. The molecule has 0 aliphatic heterocycles. The molecule has 1 aliphatic rings. The van der Waals surface area contributed by atoms with Gasteiger partial charge in [0.1, 0.15) is 0 Å². The van der Waals surface area contributed by atoms with Crippen LogP contribution in [0, 0.1) is 5.92 Å². The van der Waals surface area contributed by atoms with Gasteiger partial charge in [-0.05, 0) is 26.7 Å². The first-order valence-electron chi connectivity index (χ1n) is 4.52. The van der Waals surface area contributed by atoms with Crippen molar-refractivity contribution in [3.05, 3.63) is 0 Å². The maximum absolute atomic E-state index is 9.92. The lowest BCUT2D eigenvalue weighted by Crippen LogP contribution is -2.46. The quantitative estimate of drug-likeness (QED) is 0.602. The summed E-state index contributed by atoms with van der Waals surface area (Å²) >= 11 is 0. The molecule has 2 nitrogen and oxygen atoms in total. The van der Waals surface area contributed by atoms with Crippen LogP contribution in [-0.4, -0.2) is 16.7 Å². The highest BCUT2D eigenvalue weighted by Gasteiger charge is 2.36. The lowest BCUT2D eigenvalue weighted by Gasteiger charge is -2.39. The first-order valence-corrected chi connectivity index (χ1v) is 4.52. The van der Waals surface area contributed by atoms with Crippen LogP contribution in [0.25, 0.3) is 0 Å². The van der Waals surface area contributed by atoms with Gasteiger partial charge >= 0.3 is 0 Å². The second-order valence-electron chi connectivity index (χ2n) is 4.07. The number of hydrogen-bond donors (Lipinski definition) is 2. The maximum atomic E-state index is 9.92. The van der Waals surface area contributed by atoms with Gasteiger partial charge in [-0.3, -0.25) is 0 Å². The lowest BCUT2D eigenvalue weighted by atomic mass is 9.73. The summed E-state index contributed by atoms with van der Waals surface area (Å²) in [6.45, 7) is 3.91. The highest BCUT2D eigenvalue weighted by Crippen LogP contribution is 2.34. The van der Waals surface area contributed by atoms with Crippen LogP contribution in [0.4, 0.5) is 0 Å². The Kier molecular flexibility index (Phi) is 2.55. The van der Waals surface area contributed by atoms with Gasteiger partial charge in [0.25, 0.3) is 0 Å². The molecule has 1 aliphatic carbocycles. The van der Waals surface area contributed by atoms with Gasteiger partial charge in [0, 0.05) is 12.0 Å². The van der Waals surface area contributed by atoms with Gasteiger partial charge in [-0.1, -0.05) is 12.8 Å². The third-order valence-corrected chi connectivity index (χ3v) is 2.88. The minimum atomic E-state index is -0.508. The fourth-order valence-corrected chi connectivity index (χ4v) is 2.17. The summed E-state index contributed by atoms with van der Waals surface area (Å²) < 4.78 is 0. The molecular weight excluding hydrogens is 138 g/mol. The number of aliphatic hydroxyl groups is 1. The van der Waals surface area contributed by atoms with Crippen molar-refractivity contribution >= 4 is 0 Å². The molecule has 0 bridgehead atoms. The monoisotopic (exact) mass is 157 g/mol. The van der Waals surface area contributed by atoms with Crippen LogP contribution >= 0.6 is 0 Å². The normalized spacial score (nSPS) is 42.0. The van der Waals surface area contributed by atoms with E-state index in [9.17, 15) is 5.11 Å². The Balaban J connectivity index is 2.60. The molecule has 3 atom stereocenters. The van der Waals surface area contributed by atoms with Crippen molar-refractivity contribution < 1.29 is 5.11 Å². The molecule has 66 valence electrons. The zero-order valence-corrected chi connectivity index (χ0v) is 7.51. The standard InChI is InChI=1S/C9H19NO/c1-7(10)8-5-3-4-6-9(8,2)11/h7-8,11H,3-6,10H2,1-2H3. The summed E-state index contributed by atoms with van der Waals surface area (Å²) in [4.78, 5) is 0. The van der Waals surface area contributed by atoms with Crippen LogP contribution in [0.5, 0.6) is 0 Å². The van der Waals surface area contributed by atoms with Crippen molar-refractivity contribution in [3.8, 4) is 0 Å². The van der Waals surface area contributed by atoms with E-state index in [0.29, 0.717) is 5.92 Å². The molecule has 0 heterocycles. The van der Waals surface area contributed by atoms with Crippen molar-refractivity contribution in [1.29, 1.82) is 0 Å². The summed E-state index contributed by atoms with van der Waals surface area (Å²) in [5, 5.41) is 9.92. The van der Waals surface area contributed by atoms with Gasteiger partial charge in [-0.15, -0.1) is 0 Å². The number of nitrogens with two attached hydrogens (primary N) is 1. The van der Waals surface area contributed by atoms with E-state index in [2.05, 4.69) is 0 Å². The predicted octanol–water partition coefficient (Wildman–Crippen LogP) is 1.27. The van der Waals surface area contributed by atoms with E-state index in [1.807, 2.05) is 13.8 Å². The van der Waals surface area contributed by atoms with E-state index in [1.165, 1.54) is 6.42 Å². The van der Waals surface area contributed by atoms with Crippen molar-refractivity contribution in [3.63, 3.8) is 0 Å². The molecule has 0 radical (unpaired) electrons. The molecule has 0 aromatic rings. The van der Waals surface area contributed by atoms with Gasteiger partial charge in [-0.2, -0.15) is 0 Å². The molecule has 1 saturated carbocycles. The van der Waals surface area contributed by atoms with E-state index in [0.717, 1.165) is 19.3 Å². The summed E-state index contributed by atoms with van der Waals surface area (Å²) in [6, 6.07) is 0.130. The van der Waals surface area contributed by atoms with Crippen LogP contribution in [0.15, 0.2) is 0 Å². The molecule has 0 saturated heterocycles. The molecule has 11 heavy (non-hydrogen) atoms. The smallest absolute Gasteiger partial charge is 0.0662 e. The SMILES string of the molecule is CC(N)C1CCCCC1(C)O. The van der Waals surface area contributed by atoms with Gasteiger partial charge in [-0.25, -0.2) is 0 Å². The van der Waals surface area contributed by atoms with Crippen LogP contribution in [0.1, 0.15) is 39.5 Å². The van der Waals surface area contributed by atoms with Gasteiger partial charge in [0.15, 0.2) is 0 Å². The van der Waals surface area contributed by atoms with Gasteiger partial charge in [0.05, 0.1) is 5.60 Å². The molecule has 0 amide bonds. The minimum absolute atomic E-state index is 0.130. The zero-order chi connectivity index (χ0) is 8.48.